The van der Waals surface area contributed by atoms with Crippen LogP contribution >= 0.6 is 12.6 Å². The van der Waals surface area contributed by atoms with Crippen molar-refractivity contribution in [1.82, 2.24) is 0 Å². The summed E-state index contributed by atoms with van der Waals surface area (Å²) in [7, 11) is 0. The van der Waals surface area contributed by atoms with Crippen LogP contribution in [0.1, 0.15) is 18.9 Å². The Hall–Kier alpha value is -1.14. The standard InChI is InChI=1S/C12H13FOS/c1-2-14-12-7-6-11(13)9-10(12)5-3-4-8-15/h6-7,9,15H,2,4,8H2,1H3. The van der Waals surface area contributed by atoms with E-state index in [1.807, 2.05) is 6.92 Å². The maximum absolute atomic E-state index is 13.0. The number of thiol groups is 1. The van der Waals surface area contributed by atoms with Crippen molar-refractivity contribution >= 4 is 12.6 Å². The summed E-state index contributed by atoms with van der Waals surface area (Å²) >= 11 is 4.05. The Balaban J connectivity index is 2.92. The van der Waals surface area contributed by atoms with Gasteiger partial charge < -0.3 is 4.74 Å². The van der Waals surface area contributed by atoms with Crippen molar-refractivity contribution in [3.63, 3.8) is 0 Å². The molecule has 0 unspecified atom stereocenters. The molecule has 0 aliphatic heterocycles. The summed E-state index contributed by atoms with van der Waals surface area (Å²) in [6, 6.07) is 4.36. The summed E-state index contributed by atoms with van der Waals surface area (Å²) in [6.07, 6.45) is 0.686. The fourth-order valence-corrected chi connectivity index (χ4v) is 1.21. The molecule has 0 saturated carbocycles. The third-order valence-electron chi connectivity index (χ3n) is 1.70. The molecule has 80 valence electrons. The highest BCUT2D eigenvalue weighted by molar-refractivity contribution is 7.80. The van der Waals surface area contributed by atoms with E-state index >= 15 is 0 Å². The maximum atomic E-state index is 13.0. The van der Waals surface area contributed by atoms with Crippen LogP contribution in [-0.4, -0.2) is 12.4 Å². The van der Waals surface area contributed by atoms with Crippen molar-refractivity contribution in [1.29, 1.82) is 0 Å². The number of hydrogen-bond donors (Lipinski definition) is 1. The molecule has 0 N–H and O–H groups in total. The van der Waals surface area contributed by atoms with Crippen LogP contribution < -0.4 is 4.74 Å². The van der Waals surface area contributed by atoms with E-state index in [0.29, 0.717) is 30.1 Å². The molecule has 0 radical (unpaired) electrons. The summed E-state index contributed by atoms with van der Waals surface area (Å²) in [5.74, 6) is 6.81. The summed E-state index contributed by atoms with van der Waals surface area (Å²) in [5, 5.41) is 0. The second-order valence-electron chi connectivity index (χ2n) is 2.85. The van der Waals surface area contributed by atoms with Crippen molar-refractivity contribution in [3.05, 3.63) is 29.6 Å². The molecule has 1 nitrogen and oxygen atoms in total. The average molecular weight is 224 g/mol. The van der Waals surface area contributed by atoms with Gasteiger partial charge in [-0.1, -0.05) is 11.8 Å². The van der Waals surface area contributed by atoms with E-state index in [4.69, 9.17) is 4.74 Å². The molecule has 0 atom stereocenters. The molecule has 1 aromatic carbocycles. The molecule has 0 saturated heterocycles. The molecule has 0 heterocycles. The highest BCUT2D eigenvalue weighted by Gasteiger charge is 2.01. The van der Waals surface area contributed by atoms with Crippen LogP contribution in [0.4, 0.5) is 4.39 Å². The van der Waals surface area contributed by atoms with Gasteiger partial charge in [0, 0.05) is 12.2 Å². The van der Waals surface area contributed by atoms with E-state index in [0.717, 1.165) is 0 Å². The second kappa shape index (κ2) is 6.36. The van der Waals surface area contributed by atoms with Gasteiger partial charge in [-0.25, -0.2) is 4.39 Å². The topological polar surface area (TPSA) is 9.23 Å². The zero-order valence-corrected chi connectivity index (χ0v) is 9.48. The molecule has 15 heavy (non-hydrogen) atoms. The third kappa shape index (κ3) is 3.85. The molecule has 0 spiro atoms. The summed E-state index contributed by atoms with van der Waals surface area (Å²) in [5.41, 5.74) is 0.596. The number of rotatable bonds is 3. The molecule has 0 aliphatic rings. The first kappa shape index (κ1) is 11.9. The lowest BCUT2D eigenvalue weighted by atomic mass is 10.2. The Bertz CT molecular complexity index is 379. The minimum Gasteiger partial charge on any atom is -0.493 e. The Morgan fingerprint density at radius 1 is 1.47 bits per heavy atom. The van der Waals surface area contributed by atoms with Crippen LogP contribution in [0, 0.1) is 17.7 Å². The number of ether oxygens (including phenoxy) is 1. The van der Waals surface area contributed by atoms with Gasteiger partial charge in [-0.05, 0) is 25.1 Å². The van der Waals surface area contributed by atoms with Gasteiger partial charge in [-0.2, -0.15) is 12.6 Å². The van der Waals surface area contributed by atoms with E-state index in [2.05, 4.69) is 24.5 Å². The van der Waals surface area contributed by atoms with E-state index in [9.17, 15) is 4.39 Å². The highest BCUT2D eigenvalue weighted by Crippen LogP contribution is 2.18. The van der Waals surface area contributed by atoms with Crippen LogP contribution in [-0.2, 0) is 0 Å². The molecule has 0 aromatic heterocycles. The molecule has 0 aliphatic carbocycles. The van der Waals surface area contributed by atoms with Crippen molar-refractivity contribution in [2.45, 2.75) is 13.3 Å². The fourth-order valence-electron chi connectivity index (χ4n) is 1.09. The van der Waals surface area contributed by atoms with E-state index in [1.165, 1.54) is 12.1 Å². The monoisotopic (exact) mass is 224 g/mol. The Labute approximate surface area is 95.1 Å². The van der Waals surface area contributed by atoms with Gasteiger partial charge in [0.25, 0.3) is 0 Å². The van der Waals surface area contributed by atoms with Gasteiger partial charge in [0.1, 0.15) is 11.6 Å². The van der Waals surface area contributed by atoms with Gasteiger partial charge >= 0.3 is 0 Å². The number of hydrogen-bond acceptors (Lipinski definition) is 2. The first-order valence-corrected chi connectivity index (χ1v) is 5.43. The van der Waals surface area contributed by atoms with Crippen molar-refractivity contribution in [2.24, 2.45) is 0 Å². The first-order chi connectivity index (χ1) is 7.27. The minimum absolute atomic E-state index is 0.298. The van der Waals surface area contributed by atoms with E-state index < -0.39 is 0 Å². The SMILES string of the molecule is CCOc1ccc(F)cc1C#CCCS. The van der Waals surface area contributed by atoms with E-state index in [-0.39, 0.29) is 5.82 Å². The fraction of sp³-hybridized carbons (Fsp3) is 0.333. The Morgan fingerprint density at radius 3 is 2.93 bits per heavy atom. The predicted octanol–water partition coefficient (Wildman–Crippen LogP) is 2.90. The molecule has 1 rings (SSSR count). The molecular formula is C12H13FOS. The van der Waals surface area contributed by atoms with Crippen LogP contribution in [0.5, 0.6) is 5.75 Å². The third-order valence-corrected chi connectivity index (χ3v) is 1.92. The maximum Gasteiger partial charge on any atom is 0.135 e. The molecular weight excluding hydrogens is 211 g/mol. The lowest BCUT2D eigenvalue weighted by molar-refractivity contribution is 0.338. The average Bonchev–Trinajstić information content (AvgIpc) is 2.22. The van der Waals surface area contributed by atoms with Gasteiger partial charge in [-0.15, -0.1) is 0 Å². The second-order valence-corrected chi connectivity index (χ2v) is 3.30. The minimum atomic E-state index is -0.298. The van der Waals surface area contributed by atoms with E-state index in [1.54, 1.807) is 6.07 Å². The molecule has 0 amide bonds. The van der Waals surface area contributed by atoms with Gasteiger partial charge in [0.2, 0.25) is 0 Å². The van der Waals surface area contributed by atoms with Crippen LogP contribution in [0.25, 0.3) is 0 Å². The van der Waals surface area contributed by atoms with Crippen LogP contribution in [0.3, 0.4) is 0 Å². The van der Waals surface area contributed by atoms with Gasteiger partial charge in [-0.3, -0.25) is 0 Å². The van der Waals surface area contributed by atoms with Crippen molar-refractivity contribution < 1.29 is 9.13 Å². The zero-order chi connectivity index (χ0) is 11.1. The Morgan fingerprint density at radius 2 is 2.27 bits per heavy atom. The van der Waals surface area contributed by atoms with Gasteiger partial charge in [0.05, 0.1) is 12.2 Å². The molecule has 1 aromatic rings. The summed E-state index contributed by atoms with van der Waals surface area (Å²) in [6.45, 7) is 2.43. The predicted molar refractivity (Wildman–Crippen MR) is 62.9 cm³/mol. The Kier molecular flexibility index (Phi) is 5.06. The molecule has 0 bridgehead atoms. The number of benzene rings is 1. The molecule has 0 fully saturated rings. The van der Waals surface area contributed by atoms with Crippen LogP contribution in [0.2, 0.25) is 0 Å². The van der Waals surface area contributed by atoms with Crippen LogP contribution in [0.15, 0.2) is 18.2 Å². The normalized spacial score (nSPS) is 9.27. The van der Waals surface area contributed by atoms with Gasteiger partial charge in [0.15, 0.2) is 0 Å². The number of halogens is 1. The largest absolute Gasteiger partial charge is 0.493 e. The highest BCUT2D eigenvalue weighted by atomic mass is 32.1. The lowest BCUT2D eigenvalue weighted by Crippen LogP contribution is -1.94. The summed E-state index contributed by atoms with van der Waals surface area (Å²) < 4.78 is 18.3. The lowest BCUT2D eigenvalue weighted by Gasteiger charge is -2.05. The zero-order valence-electron chi connectivity index (χ0n) is 8.59. The smallest absolute Gasteiger partial charge is 0.135 e. The van der Waals surface area contributed by atoms with Crippen molar-refractivity contribution in [2.75, 3.05) is 12.4 Å². The quantitative estimate of drug-likeness (QED) is 0.613. The first-order valence-electron chi connectivity index (χ1n) is 4.80. The van der Waals surface area contributed by atoms with Crippen molar-refractivity contribution in [3.8, 4) is 17.6 Å². The summed E-state index contributed by atoms with van der Waals surface area (Å²) in [4.78, 5) is 0. The molecule has 3 heteroatoms.